The first-order valence-corrected chi connectivity index (χ1v) is 7.93. The Labute approximate surface area is 129 Å². The zero-order valence-electron chi connectivity index (χ0n) is 14.2. The lowest BCUT2D eigenvalue weighted by Gasteiger charge is -2.26. The van der Waals surface area contributed by atoms with Gasteiger partial charge in [-0.15, -0.1) is 0 Å². The van der Waals surface area contributed by atoms with Crippen LogP contribution in [0.1, 0.15) is 50.8 Å². The number of ether oxygens (including phenoxy) is 1. The molecule has 0 heterocycles. The normalized spacial score (nSPS) is 13.4. The third kappa shape index (κ3) is 6.60. The fourth-order valence-corrected chi connectivity index (χ4v) is 2.45. The summed E-state index contributed by atoms with van der Waals surface area (Å²) in [4.78, 5) is 2.27. The van der Waals surface area contributed by atoms with Crippen LogP contribution >= 0.6 is 0 Å². The number of aliphatic hydroxyl groups is 1. The third-order valence-electron chi connectivity index (χ3n) is 3.65. The summed E-state index contributed by atoms with van der Waals surface area (Å²) in [6, 6.07) is 8.32. The standard InChI is InChI=1S/C18H31NO2/c1-14(2)12-19(10-11-21-5)13-18(20)17-8-6-16(7-9-17)15(3)4/h6-9,14-15,18,20H,10-13H2,1-5H3. The van der Waals surface area contributed by atoms with E-state index in [1.165, 1.54) is 5.56 Å². The van der Waals surface area contributed by atoms with Crippen molar-refractivity contribution in [3.05, 3.63) is 35.4 Å². The Bertz CT molecular complexity index is 387. The zero-order valence-corrected chi connectivity index (χ0v) is 14.2. The third-order valence-corrected chi connectivity index (χ3v) is 3.65. The molecular weight excluding hydrogens is 262 g/mol. The molecular formula is C18H31NO2. The molecule has 1 rings (SSSR count). The second kappa shape index (κ2) is 9.19. The lowest BCUT2D eigenvalue weighted by molar-refractivity contribution is 0.0825. The molecule has 0 aliphatic heterocycles. The molecule has 1 atom stereocenters. The summed E-state index contributed by atoms with van der Waals surface area (Å²) in [5.41, 5.74) is 2.30. The molecule has 0 aliphatic carbocycles. The van der Waals surface area contributed by atoms with E-state index < -0.39 is 6.10 Å². The molecule has 1 unspecified atom stereocenters. The predicted molar refractivity (Wildman–Crippen MR) is 88.6 cm³/mol. The highest BCUT2D eigenvalue weighted by molar-refractivity contribution is 5.26. The van der Waals surface area contributed by atoms with Crippen LogP contribution in [0.3, 0.4) is 0 Å². The molecule has 0 aromatic heterocycles. The maximum absolute atomic E-state index is 10.5. The van der Waals surface area contributed by atoms with Gasteiger partial charge < -0.3 is 9.84 Å². The van der Waals surface area contributed by atoms with Crippen LogP contribution in [0, 0.1) is 5.92 Å². The summed E-state index contributed by atoms with van der Waals surface area (Å²) in [7, 11) is 1.72. The van der Waals surface area contributed by atoms with Gasteiger partial charge in [0.05, 0.1) is 12.7 Å². The monoisotopic (exact) mass is 293 g/mol. The first-order valence-electron chi connectivity index (χ1n) is 7.93. The summed E-state index contributed by atoms with van der Waals surface area (Å²) >= 11 is 0. The molecule has 0 saturated carbocycles. The average molecular weight is 293 g/mol. The van der Waals surface area contributed by atoms with E-state index in [0.717, 1.165) is 18.7 Å². The van der Waals surface area contributed by atoms with Crippen molar-refractivity contribution < 1.29 is 9.84 Å². The second-order valence-electron chi connectivity index (χ2n) is 6.48. The Morgan fingerprint density at radius 2 is 1.57 bits per heavy atom. The van der Waals surface area contributed by atoms with E-state index in [-0.39, 0.29) is 0 Å². The lowest BCUT2D eigenvalue weighted by atomic mass is 10.00. The van der Waals surface area contributed by atoms with Gasteiger partial charge in [-0.05, 0) is 23.0 Å². The number of hydrogen-bond acceptors (Lipinski definition) is 3. The average Bonchev–Trinajstić information content (AvgIpc) is 2.44. The maximum Gasteiger partial charge on any atom is 0.0916 e. The van der Waals surface area contributed by atoms with E-state index in [2.05, 4.69) is 44.7 Å². The molecule has 21 heavy (non-hydrogen) atoms. The summed E-state index contributed by atoms with van der Waals surface area (Å²) in [5, 5.41) is 10.5. The SMILES string of the molecule is COCCN(CC(C)C)CC(O)c1ccc(C(C)C)cc1. The number of nitrogens with zero attached hydrogens (tertiary/aromatic N) is 1. The number of methoxy groups -OCH3 is 1. The van der Waals surface area contributed by atoms with E-state index in [0.29, 0.717) is 25.0 Å². The van der Waals surface area contributed by atoms with Gasteiger partial charge in [-0.1, -0.05) is 52.0 Å². The Kier molecular flexibility index (Phi) is 7.94. The Morgan fingerprint density at radius 1 is 1.00 bits per heavy atom. The fourth-order valence-electron chi connectivity index (χ4n) is 2.45. The van der Waals surface area contributed by atoms with E-state index >= 15 is 0 Å². The van der Waals surface area contributed by atoms with Gasteiger partial charge in [-0.2, -0.15) is 0 Å². The second-order valence-corrected chi connectivity index (χ2v) is 6.48. The fraction of sp³-hybridized carbons (Fsp3) is 0.667. The Balaban J connectivity index is 2.64. The molecule has 0 radical (unpaired) electrons. The molecule has 3 nitrogen and oxygen atoms in total. The Hall–Kier alpha value is -0.900. The van der Waals surface area contributed by atoms with Crippen molar-refractivity contribution in [2.75, 3.05) is 33.4 Å². The van der Waals surface area contributed by atoms with Crippen LogP contribution in [0.5, 0.6) is 0 Å². The molecule has 0 amide bonds. The highest BCUT2D eigenvalue weighted by Gasteiger charge is 2.15. The van der Waals surface area contributed by atoms with E-state index in [1.54, 1.807) is 7.11 Å². The molecule has 0 spiro atoms. The summed E-state index contributed by atoms with van der Waals surface area (Å²) in [5.74, 6) is 1.10. The largest absolute Gasteiger partial charge is 0.387 e. The lowest BCUT2D eigenvalue weighted by Crippen LogP contribution is -2.34. The van der Waals surface area contributed by atoms with Crippen LogP contribution in [-0.2, 0) is 4.74 Å². The molecule has 0 aliphatic rings. The first kappa shape index (κ1) is 18.1. The van der Waals surface area contributed by atoms with Crippen LogP contribution in [0.15, 0.2) is 24.3 Å². The highest BCUT2D eigenvalue weighted by atomic mass is 16.5. The molecule has 1 aromatic carbocycles. The van der Waals surface area contributed by atoms with E-state index in [9.17, 15) is 5.11 Å². The van der Waals surface area contributed by atoms with Crippen LogP contribution < -0.4 is 0 Å². The van der Waals surface area contributed by atoms with Crippen molar-refractivity contribution >= 4 is 0 Å². The first-order chi connectivity index (χ1) is 9.93. The van der Waals surface area contributed by atoms with E-state index in [4.69, 9.17) is 4.74 Å². The van der Waals surface area contributed by atoms with Gasteiger partial charge in [-0.3, -0.25) is 4.90 Å². The van der Waals surface area contributed by atoms with Crippen molar-refractivity contribution in [3.63, 3.8) is 0 Å². The van der Waals surface area contributed by atoms with Gasteiger partial charge in [0.1, 0.15) is 0 Å². The molecule has 1 aromatic rings. The topological polar surface area (TPSA) is 32.7 Å². The van der Waals surface area contributed by atoms with Crippen LogP contribution in [0.2, 0.25) is 0 Å². The van der Waals surface area contributed by atoms with E-state index in [1.807, 2.05) is 12.1 Å². The molecule has 0 bridgehead atoms. The molecule has 0 saturated heterocycles. The van der Waals surface area contributed by atoms with Crippen molar-refractivity contribution in [1.82, 2.24) is 4.90 Å². The summed E-state index contributed by atoms with van der Waals surface area (Å²) in [6.45, 7) is 11.9. The van der Waals surface area contributed by atoms with Crippen molar-refractivity contribution in [2.45, 2.75) is 39.7 Å². The molecule has 3 heteroatoms. The molecule has 120 valence electrons. The molecule has 1 N–H and O–H groups in total. The summed E-state index contributed by atoms with van der Waals surface area (Å²) in [6.07, 6.45) is -0.443. The quantitative estimate of drug-likeness (QED) is 0.757. The highest BCUT2D eigenvalue weighted by Crippen LogP contribution is 2.19. The van der Waals surface area contributed by atoms with Crippen LogP contribution in [-0.4, -0.2) is 43.4 Å². The minimum atomic E-state index is -0.443. The van der Waals surface area contributed by atoms with Crippen LogP contribution in [0.25, 0.3) is 0 Å². The van der Waals surface area contributed by atoms with Gasteiger partial charge in [0.25, 0.3) is 0 Å². The smallest absolute Gasteiger partial charge is 0.0916 e. The Morgan fingerprint density at radius 3 is 2.05 bits per heavy atom. The van der Waals surface area contributed by atoms with Gasteiger partial charge in [0.15, 0.2) is 0 Å². The minimum absolute atomic E-state index is 0.443. The van der Waals surface area contributed by atoms with Crippen molar-refractivity contribution in [1.29, 1.82) is 0 Å². The van der Waals surface area contributed by atoms with Crippen molar-refractivity contribution in [2.24, 2.45) is 5.92 Å². The number of aliphatic hydroxyl groups excluding tert-OH is 1. The number of hydrogen-bond donors (Lipinski definition) is 1. The maximum atomic E-state index is 10.5. The van der Waals surface area contributed by atoms with Crippen LogP contribution in [0.4, 0.5) is 0 Å². The van der Waals surface area contributed by atoms with Gasteiger partial charge in [-0.25, -0.2) is 0 Å². The van der Waals surface area contributed by atoms with Crippen molar-refractivity contribution in [3.8, 4) is 0 Å². The zero-order chi connectivity index (χ0) is 15.8. The molecule has 0 fully saturated rings. The number of rotatable bonds is 9. The van der Waals surface area contributed by atoms with Gasteiger partial charge in [0.2, 0.25) is 0 Å². The predicted octanol–water partition coefficient (Wildman–Crippen LogP) is 3.45. The van der Waals surface area contributed by atoms with Gasteiger partial charge >= 0.3 is 0 Å². The minimum Gasteiger partial charge on any atom is -0.387 e. The number of benzene rings is 1. The van der Waals surface area contributed by atoms with Gasteiger partial charge in [0, 0.05) is 26.7 Å². The summed E-state index contributed by atoms with van der Waals surface area (Å²) < 4.78 is 5.16.